The Kier molecular flexibility index (Phi) is 7.00. The van der Waals surface area contributed by atoms with Crippen LogP contribution in [0.25, 0.3) is 10.2 Å². The third-order valence-electron chi connectivity index (χ3n) is 4.68. The van der Waals surface area contributed by atoms with E-state index in [-0.39, 0.29) is 10.8 Å². The fraction of sp³-hybridized carbons (Fsp3) is 0.333. The Morgan fingerprint density at radius 2 is 1.76 bits per heavy atom. The van der Waals surface area contributed by atoms with Gasteiger partial charge in [0.1, 0.15) is 5.01 Å². The highest BCUT2D eigenvalue weighted by atomic mass is 32.2. The summed E-state index contributed by atoms with van der Waals surface area (Å²) in [6.45, 7) is 4.94. The van der Waals surface area contributed by atoms with Gasteiger partial charge in [-0.25, -0.2) is 13.4 Å². The largest absolute Gasteiger partial charge is 0.350 e. The molecule has 0 saturated heterocycles. The molecule has 0 atom stereocenters. The van der Waals surface area contributed by atoms with Crippen molar-refractivity contribution in [1.82, 2.24) is 14.6 Å². The van der Waals surface area contributed by atoms with Gasteiger partial charge in [-0.2, -0.15) is 4.31 Å². The monoisotopic (exact) mass is 431 g/mol. The van der Waals surface area contributed by atoms with E-state index in [2.05, 4.69) is 10.3 Å². The van der Waals surface area contributed by atoms with Crippen LogP contribution in [-0.2, 0) is 27.8 Å². The van der Waals surface area contributed by atoms with Crippen LogP contribution in [0.3, 0.4) is 0 Å². The summed E-state index contributed by atoms with van der Waals surface area (Å²) in [7, 11) is -3.45. The number of nitrogens with one attached hydrogen (secondary N) is 1. The first-order chi connectivity index (χ1) is 13.9. The molecule has 1 N–H and O–H groups in total. The van der Waals surface area contributed by atoms with Gasteiger partial charge in [-0.15, -0.1) is 11.3 Å². The summed E-state index contributed by atoms with van der Waals surface area (Å²) in [4.78, 5) is 17.0. The van der Waals surface area contributed by atoms with Gasteiger partial charge in [0, 0.05) is 19.5 Å². The lowest BCUT2D eigenvalue weighted by Crippen LogP contribution is -2.30. The summed E-state index contributed by atoms with van der Waals surface area (Å²) in [6, 6.07) is 14.7. The zero-order valence-corrected chi connectivity index (χ0v) is 18.2. The average Bonchev–Trinajstić information content (AvgIpc) is 3.15. The Morgan fingerprint density at radius 1 is 1.07 bits per heavy atom. The third-order valence-corrected chi connectivity index (χ3v) is 7.78. The Hall–Kier alpha value is -2.29. The molecule has 29 heavy (non-hydrogen) atoms. The minimum absolute atomic E-state index is 0.0518. The molecule has 2 aromatic carbocycles. The van der Waals surface area contributed by atoms with Crippen LogP contribution in [0, 0.1) is 0 Å². The maximum absolute atomic E-state index is 12.5. The standard InChI is InChI=1S/C21H25N3O3S2/c1-3-24(4-2)29(26,27)17-12-9-16(10-13-17)11-14-20(25)22-15-21-23-18-7-5-6-8-19(18)28-21/h5-10,12-13H,3-4,11,14-15H2,1-2H3,(H,22,25). The Bertz CT molecular complexity index is 1040. The molecule has 1 amide bonds. The second-order valence-electron chi connectivity index (χ2n) is 6.59. The van der Waals surface area contributed by atoms with Gasteiger partial charge in [-0.1, -0.05) is 38.1 Å². The number of fused-ring (bicyclic) bond motifs is 1. The minimum atomic E-state index is -3.45. The zero-order chi connectivity index (χ0) is 20.9. The summed E-state index contributed by atoms with van der Waals surface area (Å²) in [6.07, 6.45) is 0.893. The maximum Gasteiger partial charge on any atom is 0.243 e. The second-order valence-corrected chi connectivity index (χ2v) is 9.64. The Labute approximate surface area is 175 Å². The highest BCUT2D eigenvalue weighted by Gasteiger charge is 2.21. The van der Waals surface area contributed by atoms with Crippen molar-refractivity contribution in [3.05, 3.63) is 59.1 Å². The number of benzene rings is 2. The van der Waals surface area contributed by atoms with E-state index < -0.39 is 10.0 Å². The molecule has 0 aliphatic heterocycles. The number of sulfonamides is 1. The average molecular weight is 432 g/mol. The molecule has 1 heterocycles. The number of hydrogen-bond acceptors (Lipinski definition) is 5. The van der Waals surface area contributed by atoms with E-state index in [0.717, 1.165) is 20.8 Å². The molecule has 0 unspecified atom stereocenters. The molecule has 154 valence electrons. The van der Waals surface area contributed by atoms with Crippen molar-refractivity contribution in [3.8, 4) is 0 Å². The van der Waals surface area contributed by atoms with Crippen LogP contribution in [0.1, 0.15) is 30.8 Å². The first-order valence-electron chi connectivity index (χ1n) is 9.64. The Balaban J connectivity index is 1.52. The lowest BCUT2D eigenvalue weighted by molar-refractivity contribution is -0.121. The molecule has 0 bridgehead atoms. The van der Waals surface area contributed by atoms with Crippen molar-refractivity contribution in [2.45, 2.75) is 38.1 Å². The van der Waals surface area contributed by atoms with Gasteiger partial charge in [0.15, 0.2) is 0 Å². The summed E-state index contributed by atoms with van der Waals surface area (Å²) in [5.41, 5.74) is 1.88. The molecule has 1 aromatic heterocycles. The SMILES string of the molecule is CCN(CC)S(=O)(=O)c1ccc(CCC(=O)NCc2nc3ccccc3s2)cc1. The smallest absolute Gasteiger partial charge is 0.243 e. The fourth-order valence-corrected chi connectivity index (χ4v) is 5.42. The van der Waals surface area contributed by atoms with Gasteiger partial charge in [0.05, 0.1) is 21.7 Å². The number of thiazole rings is 1. The normalized spacial score (nSPS) is 11.8. The van der Waals surface area contributed by atoms with E-state index in [9.17, 15) is 13.2 Å². The number of nitrogens with zero attached hydrogens (tertiary/aromatic N) is 2. The summed E-state index contributed by atoms with van der Waals surface area (Å²) in [5, 5.41) is 3.78. The van der Waals surface area contributed by atoms with E-state index in [1.807, 2.05) is 38.1 Å². The van der Waals surface area contributed by atoms with Crippen LogP contribution in [0.2, 0.25) is 0 Å². The predicted octanol–water partition coefficient (Wildman–Crippen LogP) is 3.58. The van der Waals surface area contributed by atoms with Gasteiger partial charge in [0.25, 0.3) is 0 Å². The molecule has 8 heteroatoms. The van der Waals surface area contributed by atoms with Gasteiger partial charge in [-0.3, -0.25) is 4.79 Å². The molecule has 0 fully saturated rings. The number of carbonyl (C=O) groups is 1. The molecule has 0 aliphatic rings. The van der Waals surface area contributed by atoms with Crippen molar-refractivity contribution in [1.29, 1.82) is 0 Å². The van der Waals surface area contributed by atoms with Crippen molar-refractivity contribution in [2.24, 2.45) is 0 Å². The van der Waals surface area contributed by atoms with E-state index in [1.54, 1.807) is 35.6 Å². The molecular weight excluding hydrogens is 406 g/mol. The highest BCUT2D eigenvalue weighted by molar-refractivity contribution is 7.89. The topological polar surface area (TPSA) is 79.4 Å². The van der Waals surface area contributed by atoms with E-state index >= 15 is 0 Å². The van der Waals surface area contributed by atoms with Crippen LogP contribution < -0.4 is 5.32 Å². The summed E-state index contributed by atoms with van der Waals surface area (Å²) >= 11 is 1.58. The third kappa shape index (κ3) is 5.20. The predicted molar refractivity (Wildman–Crippen MR) is 116 cm³/mol. The van der Waals surface area contributed by atoms with Gasteiger partial charge in [-0.05, 0) is 36.2 Å². The first kappa shape index (κ1) is 21.4. The number of para-hydroxylation sites is 1. The van der Waals surface area contributed by atoms with E-state index in [0.29, 0.717) is 32.5 Å². The lowest BCUT2D eigenvalue weighted by atomic mass is 10.1. The second kappa shape index (κ2) is 9.47. The van der Waals surface area contributed by atoms with Crippen molar-refractivity contribution in [2.75, 3.05) is 13.1 Å². The fourth-order valence-electron chi connectivity index (χ4n) is 3.06. The van der Waals surface area contributed by atoms with Gasteiger partial charge in [0.2, 0.25) is 15.9 Å². The van der Waals surface area contributed by atoms with Crippen LogP contribution >= 0.6 is 11.3 Å². The molecule has 6 nitrogen and oxygen atoms in total. The number of carbonyl (C=O) groups excluding carboxylic acids is 1. The lowest BCUT2D eigenvalue weighted by Gasteiger charge is -2.18. The number of aromatic nitrogens is 1. The molecule has 0 aliphatic carbocycles. The van der Waals surface area contributed by atoms with E-state index in [1.165, 1.54) is 4.31 Å². The highest BCUT2D eigenvalue weighted by Crippen LogP contribution is 2.21. The van der Waals surface area contributed by atoms with Crippen LogP contribution in [-0.4, -0.2) is 36.7 Å². The van der Waals surface area contributed by atoms with Gasteiger partial charge < -0.3 is 5.32 Å². The quantitative estimate of drug-likeness (QED) is 0.562. The zero-order valence-electron chi connectivity index (χ0n) is 16.6. The van der Waals surface area contributed by atoms with Crippen molar-refractivity contribution < 1.29 is 13.2 Å². The number of amides is 1. The van der Waals surface area contributed by atoms with Gasteiger partial charge >= 0.3 is 0 Å². The van der Waals surface area contributed by atoms with Crippen LogP contribution in [0.4, 0.5) is 0 Å². The summed E-state index contributed by atoms with van der Waals surface area (Å²) < 4.78 is 27.6. The maximum atomic E-state index is 12.5. The number of aryl methyl sites for hydroxylation is 1. The van der Waals surface area contributed by atoms with E-state index in [4.69, 9.17) is 0 Å². The molecule has 0 spiro atoms. The van der Waals surface area contributed by atoms with Crippen molar-refractivity contribution in [3.63, 3.8) is 0 Å². The Morgan fingerprint density at radius 3 is 2.41 bits per heavy atom. The number of hydrogen-bond donors (Lipinski definition) is 1. The molecule has 3 aromatic rings. The first-order valence-corrected chi connectivity index (χ1v) is 11.9. The van der Waals surface area contributed by atoms with Crippen LogP contribution in [0.5, 0.6) is 0 Å². The molecular formula is C21H25N3O3S2. The molecule has 3 rings (SSSR count). The van der Waals surface area contributed by atoms with Crippen molar-refractivity contribution >= 4 is 37.5 Å². The number of rotatable bonds is 9. The minimum Gasteiger partial charge on any atom is -0.350 e. The molecule has 0 saturated carbocycles. The van der Waals surface area contributed by atoms with Crippen LogP contribution in [0.15, 0.2) is 53.4 Å². The summed E-state index contributed by atoms with van der Waals surface area (Å²) in [5.74, 6) is -0.0518. The molecule has 0 radical (unpaired) electrons.